The van der Waals surface area contributed by atoms with Crippen molar-refractivity contribution in [2.45, 2.75) is 38.1 Å². The molecular weight excluding hydrogens is 364 g/mol. The molecule has 2 aromatic carbocycles. The summed E-state index contributed by atoms with van der Waals surface area (Å²) in [6.45, 7) is 7.63. The van der Waals surface area contributed by atoms with Gasteiger partial charge in [0, 0.05) is 12.1 Å². The van der Waals surface area contributed by atoms with E-state index in [4.69, 9.17) is 4.74 Å². The SMILES string of the molecule is CCN(c1ccccc1)S(=O)(=O)c1ccc(OCC(=O)NC(C)(C)C)cc1. The van der Waals surface area contributed by atoms with Gasteiger partial charge in [-0.25, -0.2) is 8.42 Å². The van der Waals surface area contributed by atoms with Gasteiger partial charge in [0.2, 0.25) is 0 Å². The van der Waals surface area contributed by atoms with Crippen LogP contribution in [0.3, 0.4) is 0 Å². The molecule has 0 unspecified atom stereocenters. The first-order valence-electron chi connectivity index (χ1n) is 8.75. The Morgan fingerprint density at radius 2 is 1.63 bits per heavy atom. The van der Waals surface area contributed by atoms with Crippen molar-refractivity contribution in [3.63, 3.8) is 0 Å². The molecule has 0 aliphatic rings. The summed E-state index contributed by atoms with van der Waals surface area (Å²) < 4.78 is 32.6. The van der Waals surface area contributed by atoms with E-state index in [0.717, 1.165) is 0 Å². The summed E-state index contributed by atoms with van der Waals surface area (Å²) in [6, 6.07) is 15.0. The lowest BCUT2D eigenvalue weighted by molar-refractivity contribution is -0.124. The summed E-state index contributed by atoms with van der Waals surface area (Å²) in [5.41, 5.74) is 0.276. The van der Waals surface area contributed by atoms with E-state index in [2.05, 4.69) is 5.32 Å². The smallest absolute Gasteiger partial charge is 0.264 e. The number of benzene rings is 2. The molecule has 0 aliphatic heterocycles. The number of para-hydroxylation sites is 1. The van der Waals surface area contributed by atoms with Gasteiger partial charge >= 0.3 is 0 Å². The minimum Gasteiger partial charge on any atom is -0.484 e. The number of amides is 1. The molecule has 0 aromatic heterocycles. The van der Waals surface area contributed by atoms with Crippen molar-refractivity contribution in [2.75, 3.05) is 17.5 Å². The molecule has 7 heteroatoms. The number of sulfonamides is 1. The molecule has 0 fully saturated rings. The number of hydrogen-bond acceptors (Lipinski definition) is 4. The zero-order valence-electron chi connectivity index (χ0n) is 16.1. The van der Waals surface area contributed by atoms with Crippen LogP contribution in [0.1, 0.15) is 27.7 Å². The highest BCUT2D eigenvalue weighted by atomic mass is 32.2. The molecule has 2 rings (SSSR count). The highest BCUT2D eigenvalue weighted by molar-refractivity contribution is 7.92. The van der Waals surface area contributed by atoms with Crippen molar-refractivity contribution in [1.82, 2.24) is 5.32 Å². The van der Waals surface area contributed by atoms with E-state index in [1.54, 1.807) is 43.3 Å². The first-order chi connectivity index (χ1) is 12.6. The number of carbonyl (C=O) groups excluding carboxylic acids is 1. The Morgan fingerprint density at radius 1 is 1.04 bits per heavy atom. The minimum absolute atomic E-state index is 0.130. The Kier molecular flexibility index (Phi) is 6.49. The molecule has 0 radical (unpaired) electrons. The maximum atomic E-state index is 12.9. The molecule has 0 aliphatic carbocycles. The molecule has 0 saturated heterocycles. The largest absolute Gasteiger partial charge is 0.484 e. The fourth-order valence-corrected chi connectivity index (χ4v) is 4.00. The topological polar surface area (TPSA) is 75.7 Å². The van der Waals surface area contributed by atoms with Crippen molar-refractivity contribution in [3.05, 3.63) is 54.6 Å². The monoisotopic (exact) mass is 390 g/mol. The van der Waals surface area contributed by atoms with Gasteiger partial charge in [0.15, 0.2) is 6.61 Å². The van der Waals surface area contributed by atoms with Crippen LogP contribution in [-0.2, 0) is 14.8 Å². The third-order valence-corrected chi connectivity index (χ3v) is 5.54. The molecule has 0 saturated carbocycles. The second-order valence-corrected chi connectivity index (χ2v) is 8.93. The molecule has 1 amide bonds. The molecule has 27 heavy (non-hydrogen) atoms. The number of nitrogens with one attached hydrogen (secondary N) is 1. The Bertz CT molecular complexity index is 857. The molecule has 0 atom stereocenters. The van der Waals surface area contributed by atoms with Gasteiger partial charge < -0.3 is 10.1 Å². The lowest BCUT2D eigenvalue weighted by atomic mass is 10.1. The number of hydrogen-bond donors (Lipinski definition) is 1. The number of nitrogens with zero attached hydrogens (tertiary/aromatic N) is 1. The maximum Gasteiger partial charge on any atom is 0.264 e. The van der Waals surface area contributed by atoms with Crippen LogP contribution in [0.4, 0.5) is 5.69 Å². The predicted octanol–water partition coefficient (Wildman–Crippen LogP) is 3.20. The fourth-order valence-electron chi connectivity index (χ4n) is 2.52. The van der Waals surface area contributed by atoms with Crippen molar-refractivity contribution < 1.29 is 17.9 Å². The zero-order valence-corrected chi connectivity index (χ0v) is 16.9. The molecule has 0 heterocycles. The Morgan fingerprint density at radius 3 is 2.15 bits per heavy atom. The molecule has 1 N–H and O–H groups in total. The average molecular weight is 391 g/mol. The van der Waals surface area contributed by atoms with Crippen LogP contribution < -0.4 is 14.4 Å². The highest BCUT2D eigenvalue weighted by Crippen LogP contribution is 2.24. The summed E-state index contributed by atoms with van der Waals surface area (Å²) >= 11 is 0. The van der Waals surface area contributed by atoms with Crippen molar-refractivity contribution in [3.8, 4) is 5.75 Å². The van der Waals surface area contributed by atoms with Gasteiger partial charge in [-0.05, 0) is 64.1 Å². The van der Waals surface area contributed by atoms with Crippen LogP contribution in [0.5, 0.6) is 5.75 Å². The van der Waals surface area contributed by atoms with Gasteiger partial charge in [0.05, 0.1) is 10.6 Å². The summed E-state index contributed by atoms with van der Waals surface area (Å²) in [5.74, 6) is 0.196. The zero-order chi connectivity index (χ0) is 20.1. The first-order valence-corrected chi connectivity index (χ1v) is 10.2. The summed E-state index contributed by atoms with van der Waals surface area (Å²) in [4.78, 5) is 12.0. The van der Waals surface area contributed by atoms with Gasteiger partial charge in [0.1, 0.15) is 5.75 Å². The van der Waals surface area contributed by atoms with Crippen molar-refractivity contribution in [1.29, 1.82) is 0 Å². The normalized spacial score (nSPS) is 11.7. The van der Waals surface area contributed by atoms with Gasteiger partial charge in [-0.15, -0.1) is 0 Å². The van der Waals surface area contributed by atoms with Crippen LogP contribution in [0, 0.1) is 0 Å². The fraction of sp³-hybridized carbons (Fsp3) is 0.350. The van der Waals surface area contributed by atoms with Crippen LogP contribution >= 0.6 is 0 Å². The maximum absolute atomic E-state index is 12.9. The first kappa shape index (κ1) is 20.8. The summed E-state index contributed by atoms with van der Waals surface area (Å²) in [7, 11) is -3.68. The van der Waals surface area contributed by atoms with E-state index in [1.165, 1.54) is 16.4 Å². The average Bonchev–Trinajstić information content (AvgIpc) is 2.60. The Hall–Kier alpha value is -2.54. The molecule has 146 valence electrons. The second kappa shape index (κ2) is 8.43. The van der Waals surface area contributed by atoms with Gasteiger partial charge in [-0.1, -0.05) is 18.2 Å². The third-order valence-electron chi connectivity index (χ3n) is 3.63. The van der Waals surface area contributed by atoms with Crippen molar-refractivity contribution >= 4 is 21.6 Å². The summed E-state index contributed by atoms with van der Waals surface area (Å²) in [5, 5.41) is 2.80. The molecule has 0 spiro atoms. The van der Waals surface area contributed by atoms with E-state index in [9.17, 15) is 13.2 Å². The Labute approximate surface area is 161 Å². The van der Waals surface area contributed by atoms with E-state index in [0.29, 0.717) is 18.0 Å². The minimum atomic E-state index is -3.68. The number of anilines is 1. The number of rotatable bonds is 7. The van der Waals surface area contributed by atoms with Gasteiger partial charge in [-0.3, -0.25) is 9.10 Å². The number of ether oxygens (including phenoxy) is 1. The molecule has 2 aromatic rings. The second-order valence-electron chi connectivity index (χ2n) is 7.06. The van der Waals surface area contributed by atoms with E-state index < -0.39 is 10.0 Å². The van der Waals surface area contributed by atoms with Crippen molar-refractivity contribution in [2.24, 2.45) is 0 Å². The van der Waals surface area contributed by atoms with E-state index in [1.807, 2.05) is 26.8 Å². The van der Waals surface area contributed by atoms with Crippen LogP contribution in [0.15, 0.2) is 59.5 Å². The third kappa shape index (κ3) is 5.72. The molecule has 6 nitrogen and oxygen atoms in total. The molecule has 0 bridgehead atoms. The predicted molar refractivity (Wildman–Crippen MR) is 106 cm³/mol. The summed E-state index contributed by atoms with van der Waals surface area (Å²) in [6.07, 6.45) is 0. The van der Waals surface area contributed by atoms with Crippen LogP contribution in [0.2, 0.25) is 0 Å². The lowest BCUT2D eigenvalue weighted by Crippen LogP contribution is -2.43. The standard InChI is InChI=1S/C20H26N2O4S/c1-5-22(16-9-7-6-8-10-16)27(24,25)18-13-11-17(12-14-18)26-15-19(23)21-20(2,3)4/h6-14H,5,15H2,1-4H3,(H,21,23). The van der Waals surface area contributed by atoms with Crippen LogP contribution in [0.25, 0.3) is 0 Å². The van der Waals surface area contributed by atoms with E-state index >= 15 is 0 Å². The number of carbonyl (C=O) groups is 1. The van der Waals surface area contributed by atoms with E-state index in [-0.39, 0.29) is 22.9 Å². The quantitative estimate of drug-likeness (QED) is 0.788. The van der Waals surface area contributed by atoms with Gasteiger partial charge in [0.25, 0.3) is 15.9 Å². The lowest BCUT2D eigenvalue weighted by Gasteiger charge is -2.23. The molecular formula is C20H26N2O4S. The highest BCUT2D eigenvalue weighted by Gasteiger charge is 2.23. The Balaban J connectivity index is 2.10. The van der Waals surface area contributed by atoms with Crippen LogP contribution in [-0.4, -0.2) is 33.0 Å². The van der Waals surface area contributed by atoms with Gasteiger partial charge in [-0.2, -0.15) is 0 Å².